The SMILES string of the molecule is CCC(CC)(c1ccc(CCC2(O)CCCCC2)c(C)c1)c1ccc(OCC(O)CCCC(=O)O)c(C)c1. The Bertz CT molecular complexity index is 1050. The van der Waals surface area contributed by atoms with Crippen molar-refractivity contribution in [1.29, 1.82) is 0 Å². The second-order valence-electron chi connectivity index (χ2n) is 11.4. The minimum absolute atomic E-state index is 0.0591. The van der Waals surface area contributed by atoms with Crippen molar-refractivity contribution in [3.05, 3.63) is 64.2 Å². The summed E-state index contributed by atoms with van der Waals surface area (Å²) in [5.41, 5.74) is 5.64. The molecule has 5 heteroatoms. The number of carbonyl (C=O) groups is 1. The molecule has 0 amide bonds. The zero-order valence-electron chi connectivity index (χ0n) is 23.9. The Kier molecular flexibility index (Phi) is 10.8. The first kappa shape index (κ1) is 30.2. The van der Waals surface area contributed by atoms with Gasteiger partial charge in [-0.05, 0) is 99.1 Å². The molecular weight excluding hydrogens is 476 g/mol. The monoisotopic (exact) mass is 524 g/mol. The third-order valence-corrected chi connectivity index (χ3v) is 8.83. The molecule has 1 unspecified atom stereocenters. The molecule has 3 N–H and O–H groups in total. The van der Waals surface area contributed by atoms with E-state index < -0.39 is 17.7 Å². The Morgan fingerprint density at radius 3 is 2.21 bits per heavy atom. The van der Waals surface area contributed by atoms with Crippen molar-refractivity contribution in [1.82, 2.24) is 0 Å². The number of aliphatic carboxylic acids is 1. The van der Waals surface area contributed by atoms with Crippen molar-refractivity contribution >= 4 is 5.97 Å². The zero-order chi connectivity index (χ0) is 27.8. The first-order valence-corrected chi connectivity index (χ1v) is 14.6. The van der Waals surface area contributed by atoms with Crippen LogP contribution in [0.1, 0.15) is 112 Å². The van der Waals surface area contributed by atoms with Crippen molar-refractivity contribution in [3.63, 3.8) is 0 Å². The molecule has 210 valence electrons. The number of hydrogen-bond acceptors (Lipinski definition) is 4. The van der Waals surface area contributed by atoms with Crippen molar-refractivity contribution in [2.75, 3.05) is 6.61 Å². The van der Waals surface area contributed by atoms with Gasteiger partial charge in [0.1, 0.15) is 12.4 Å². The third-order valence-electron chi connectivity index (χ3n) is 8.83. The fourth-order valence-corrected chi connectivity index (χ4v) is 6.20. The summed E-state index contributed by atoms with van der Waals surface area (Å²) >= 11 is 0. The van der Waals surface area contributed by atoms with Crippen LogP contribution in [-0.2, 0) is 16.6 Å². The van der Waals surface area contributed by atoms with Gasteiger partial charge in [0.25, 0.3) is 0 Å². The minimum atomic E-state index is -0.845. The minimum Gasteiger partial charge on any atom is -0.491 e. The van der Waals surface area contributed by atoms with Crippen LogP contribution in [0.2, 0.25) is 0 Å². The van der Waals surface area contributed by atoms with E-state index in [2.05, 4.69) is 51.1 Å². The molecule has 0 heterocycles. The summed E-state index contributed by atoms with van der Waals surface area (Å²) in [7, 11) is 0. The lowest BCUT2D eigenvalue weighted by Gasteiger charge is -2.35. The van der Waals surface area contributed by atoms with Gasteiger partial charge < -0.3 is 20.1 Å². The highest BCUT2D eigenvalue weighted by atomic mass is 16.5. The number of rotatable bonds is 14. The smallest absolute Gasteiger partial charge is 0.303 e. The van der Waals surface area contributed by atoms with Crippen LogP contribution >= 0.6 is 0 Å². The van der Waals surface area contributed by atoms with Gasteiger partial charge >= 0.3 is 5.97 Å². The number of ether oxygens (including phenoxy) is 1. The second kappa shape index (κ2) is 13.6. The summed E-state index contributed by atoms with van der Waals surface area (Å²) < 4.78 is 5.90. The average Bonchev–Trinajstić information content (AvgIpc) is 2.89. The first-order valence-electron chi connectivity index (χ1n) is 14.6. The number of carboxylic acid groups (broad SMARTS) is 1. The molecule has 0 saturated heterocycles. The average molecular weight is 525 g/mol. The quantitative estimate of drug-likeness (QED) is 0.247. The predicted octanol–water partition coefficient (Wildman–Crippen LogP) is 7.03. The molecule has 38 heavy (non-hydrogen) atoms. The molecule has 0 spiro atoms. The van der Waals surface area contributed by atoms with E-state index in [9.17, 15) is 15.0 Å². The van der Waals surface area contributed by atoms with E-state index >= 15 is 0 Å². The van der Waals surface area contributed by atoms with E-state index in [-0.39, 0.29) is 18.4 Å². The predicted molar refractivity (Wildman–Crippen MR) is 153 cm³/mol. The lowest BCUT2D eigenvalue weighted by atomic mass is 9.69. The van der Waals surface area contributed by atoms with Crippen LogP contribution in [0.15, 0.2) is 36.4 Å². The van der Waals surface area contributed by atoms with Crippen LogP contribution in [0.5, 0.6) is 5.75 Å². The molecule has 0 aromatic heterocycles. The highest BCUT2D eigenvalue weighted by Gasteiger charge is 2.32. The van der Waals surface area contributed by atoms with E-state index in [0.29, 0.717) is 12.8 Å². The van der Waals surface area contributed by atoms with E-state index in [1.54, 1.807) is 0 Å². The summed E-state index contributed by atoms with van der Waals surface area (Å²) in [5, 5.41) is 29.9. The maximum Gasteiger partial charge on any atom is 0.303 e. The van der Waals surface area contributed by atoms with Gasteiger partial charge in [0.2, 0.25) is 0 Å². The number of hydrogen-bond donors (Lipinski definition) is 3. The summed E-state index contributed by atoms with van der Waals surface area (Å²) in [6.07, 6.45) is 9.32. The molecule has 1 aliphatic carbocycles. The largest absolute Gasteiger partial charge is 0.491 e. The second-order valence-corrected chi connectivity index (χ2v) is 11.4. The number of aliphatic hydroxyl groups excluding tert-OH is 1. The fraction of sp³-hybridized carbons (Fsp3) is 0.606. The van der Waals surface area contributed by atoms with E-state index in [1.165, 1.54) is 28.7 Å². The zero-order valence-corrected chi connectivity index (χ0v) is 23.9. The van der Waals surface area contributed by atoms with Crippen LogP contribution in [0, 0.1) is 13.8 Å². The van der Waals surface area contributed by atoms with E-state index in [1.807, 2.05) is 13.0 Å². The number of carboxylic acids is 1. The van der Waals surface area contributed by atoms with Gasteiger partial charge in [0.15, 0.2) is 0 Å². The van der Waals surface area contributed by atoms with Crippen LogP contribution < -0.4 is 4.74 Å². The molecule has 1 atom stereocenters. The molecule has 0 bridgehead atoms. The molecule has 1 aliphatic rings. The van der Waals surface area contributed by atoms with Gasteiger partial charge in [0.05, 0.1) is 11.7 Å². The summed E-state index contributed by atoms with van der Waals surface area (Å²) in [6.45, 7) is 8.89. The Morgan fingerprint density at radius 2 is 1.63 bits per heavy atom. The Hall–Kier alpha value is -2.37. The molecule has 1 fully saturated rings. The van der Waals surface area contributed by atoms with Gasteiger partial charge in [-0.3, -0.25) is 4.79 Å². The molecule has 0 radical (unpaired) electrons. The summed E-state index contributed by atoms with van der Waals surface area (Å²) in [5.74, 6) is -0.0953. The third kappa shape index (κ3) is 7.60. The number of aliphatic hydroxyl groups is 2. The first-order chi connectivity index (χ1) is 18.1. The maximum absolute atomic E-state index is 11.0. The molecule has 3 rings (SSSR count). The maximum atomic E-state index is 11.0. The molecule has 2 aromatic rings. The van der Waals surface area contributed by atoms with Gasteiger partial charge in [-0.1, -0.05) is 63.4 Å². The molecule has 2 aromatic carbocycles. The number of aryl methyl sites for hydroxylation is 3. The fourth-order valence-electron chi connectivity index (χ4n) is 6.20. The van der Waals surface area contributed by atoms with Crippen LogP contribution in [0.25, 0.3) is 0 Å². The highest BCUT2D eigenvalue weighted by Crippen LogP contribution is 2.41. The lowest BCUT2D eigenvalue weighted by molar-refractivity contribution is -0.137. The Morgan fingerprint density at radius 1 is 1.00 bits per heavy atom. The van der Waals surface area contributed by atoms with Crippen LogP contribution in [0.3, 0.4) is 0 Å². The van der Waals surface area contributed by atoms with Gasteiger partial charge in [0, 0.05) is 11.8 Å². The topological polar surface area (TPSA) is 87.0 Å². The van der Waals surface area contributed by atoms with Gasteiger partial charge in [-0.2, -0.15) is 0 Å². The Balaban J connectivity index is 1.72. The summed E-state index contributed by atoms with van der Waals surface area (Å²) in [6, 6.07) is 13.3. The highest BCUT2D eigenvalue weighted by molar-refractivity contribution is 5.66. The van der Waals surface area contributed by atoms with Gasteiger partial charge in [-0.25, -0.2) is 0 Å². The summed E-state index contributed by atoms with van der Waals surface area (Å²) in [4.78, 5) is 10.7. The molecule has 1 saturated carbocycles. The van der Waals surface area contributed by atoms with Crippen LogP contribution in [-0.4, -0.2) is 39.6 Å². The van der Waals surface area contributed by atoms with Crippen molar-refractivity contribution in [2.24, 2.45) is 0 Å². The van der Waals surface area contributed by atoms with E-state index in [4.69, 9.17) is 9.84 Å². The number of benzene rings is 2. The lowest BCUT2D eigenvalue weighted by Crippen LogP contribution is -2.31. The standard InChI is InChI=1S/C33H48O5/c1-5-33(6-2,27-14-13-26(24(3)21-27)17-20-32(37)18-8-7-9-19-32)28-15-16-30(25(4)22-28)38-23-29(34)11-10-12-31(35)36/h13-16,21-22,29,34,37H,5-12,17-20,23H2,1-4H3,(H,35,36). The van der Waals surface area contributed by atoms with E-state index in [0.717, 1.165) is 62.7 Å². The van der Waals surface area contributed by atoms with Crippen molar-refractivity contribution in [3.8, 4) is 5.75 Å². The normalized spacial score (nSPS) is 16.3. The Labute approximate surface area is 229 Å². The molecular formula is C33H48O5. The van der Waals surface area contributed by atoms with Crippen LogP contribution in [0.4, 0.5) is 0 Å². The van der Waals surface area contributed by atoms with Crippen molar-refractivity contribution in [2.45, 2.75) is 122 Å². The molecule has 5 nitrogen and oxygen atoms in total. The molecule has 0 aliphatic heterocycles. The van der Waals surface area contributed by atoms with Gasteiger partial charge in [-0.15, -0.1) is 0 Å². The van der Waals surface area contributed by atoms with Crippen molar-refractivity contribution < 1.29 is 24.9 Å².